The fraction of sp³-hybridized carbons (Fsp3) is 0.500. The van der Waals surface area contributed by atoms with Crippen LogP contribution >= 0.6 is 24.8 Å². The summed E-state index contributed by atoms with van der Waals surface area (Å²) in [5, 5.41) is 5.70. The van der Waals surface area contributed by atoms with Gasteiger partial charge in [-0.2, -0.15) is 0 Å². The van der Waals surface area contributed by atoms with Gasteiger partial charge in [-0.3, -0.25) is 9.78 Å². The van der Waals surface area contributed by atoms with Crippen molar-refractivity contribution >= 4 is 40.7 Å². The molecule has 0 radical (unpaired) electrons. The van der Waals surface area contributed by atoms with Crippen molar-refractivity contribution in [3.63, 3.8) is 0 Å². The van der Waals surface area contributed by atoms with Crippen molar-refractivity contribution in [2.45, 2.75) is 24.3 Å². The highest BCUT2D eigenvalue weighted by Gasteiger charge is 2.13. The number of rotatable bonds is 8. The van der Waals surface area contributed by atoms with E-state index in [2.05, 4.69) is 20.3 Å². The Morgan fingerprint density at radius 1 is 1.36 bits per heavy atom. The number of carbonyl (C=O) groups is 1. The van der Waals surface area contributed by atoms with Gasteiger partial charge in [0.1, 0.15) is 4.90 Å². The van der Waals surface area contributed by atoms with Crippen LogP contribution in [0, 0.1) is 0 Å². The molecule has 0 saturated carbocycles. The Labute approximate surface area is 143 Å². The Morgan fingerprint density at radius 3 is 2.59 bits per heavy atom. The zero-order valence-electron chi connectivity index (χ0n) is 12.4. The van der Waals surface area contributed by atoms with Gasteiger partial charge in [-0.05, 0) is 26.1 Å². The number of halogens is 2. The van der Waals surface area contributed by atoms with E-state index in [0.717, 1.165) is 0 Å². The molecular weight excluding hydrogens is 351 g/mol. The zero-order valence-corrected chi connectivity index (χ0v) is 14.9. The molecule has 3 N–H and O–H groups in total. The Balaban J connectivity index is 0. The topological polar surface area (TPSA) is 100 Å². The van der Waals surface area contributed by atoms with Crippen LogP contribution in [-0.4, -0.2) is 45.5 Å². The predicted octanol–water partition coefficient (Wildman–Crippen LogP) is 0.318. The number of aromatic nitrogens is 1. The Hall–Kier alpha value is -0.930. The molecule has 1 amide bonds. The highest BCUT2D eigenvalue weighted by Crippen LogP contribution is 2.04. The fourth-order valence-corrected chi connectivity index (χ4v) is 2.34. The number of hydrogen-bond acceptors (Lipinski definition) is 5. The number of nitrogens with one attached hydrogen (secondary N) is 3. The SMILES string of the molecule is CNC(C)CNC(=O)CCNS(=O)(=O)c1cccnc1.Cl.Cl. The van der Waals surface area contributed by atoms with Crippen LogP contribution in [-0.2, 0) is 14.8 Å². The summed E-state index contributed by atoms with van der Waals surface area (Å²) < 4.78 is 26.0. The first-order valence-electron chi connectivity index (χ1n) is 6.29. The summed E-state index contributed by atoms with van der Waals surface area (Å²) >= 11 is 0. The van der Waals surface area contributed by atoms with Gasteiger partial charge in [-0.25, -0.2) is 13.1 Å². The molecule has 0 fully saturated rings. The fourth-order valence-electron chi connectivity index (χ4n) is 1.35. The maximum absolute atomic E-state index is 11.8. The van der Waals surface area contributed by atoms with Gasteiger partial charge in [-0.1, -0.05) is 0 Å². The molecule has 128 valence electrons. The van der Waals surface area contributed by atoms with Gasteiger partial charge in [0.2, 0.25) is 15.9 Å². The summed E-state index contributed by atoms with van der Waals surface area (Å²) in [6.07, 6.45) is 2.85. The number of pyridine rings is 1. The lowest BCUT2D eigenvalue weighted by atomic mass is 10.3. The van der Waals surface area contributed by atoms with Gasteiger partial charge >= 0.3 is 0 Å². The molecule has 22 heavy (non-hydrogen) atoms. The summed E-state index contributed by atoms with van der Waals surface area (Å²) in [4.78, 5) is 15.3. The second-order valence-electron chi connectivity index (χ2n) is 4.33. The third-order valence-electron chi connectivity index (χ3n) is 2.69. The highest BCUT2D eigenvalue weighted by atomic mass is 35.5. The van der Waals surface area contributed by atoms with E-state index in [1.807, 2.05) is 6.92 Å². The molecule has 0 aliphatic carbocycles. The molecule has 0 aromatic carbocycles. The maximum atomic E-state index is 11.8. The molecule has 1 aromatic heterocycles. The van der Waals surface area contributed by atoms with E-state index < -0.39 is 10.0 Å². The van der Waals surface area contributed by atoms with E-state index in [9.17, 15) is 13.2 Å². The third-order valence-corrected chi connectivity index (χ3v) is 4.13. The molecule has 0 aliphatic heterocycles. The van der Waals surface area contributed by atoms with Crippen LogP contribution in [0.5, 0.6) is 0 Å². The Bertz CT molecular complexity index is 528. The minimum absolute atomic E-state index is 0. The van der Waals surface area contributed by atoms with E-state index in [-0.39, 0.29) is 54.6 Å². The lowest BCUT2D eigenvalue weighted by Gasteiger charge is -2.11. The summed E-state index contributed by atoms with van der Waals surface area (Å²) in [6.45, 7) is 2.49. The third kappa shape index (κ3) is 8.50. The largest absolute Gasteiger partial charge is 0.355 e. The average molecular weight is 373 g/mol. The van der Waals surface area contributed by atoms with Crippen molar-refractivity contribution in [2.24, 2.45) is 0 Å². The van der Waals surface area contributed by atoms with Crippen LogP contribution in [0.3, 0.4) is 0 Å². The van der Waals surface area contributed by atoms with Crippen molar-refractivity contribution in [1.29, 1.82) is 0 Å². The molecule has 7 nitrogen and oxygen atoms in total. The second-order valence-corrected chi connectivity index (χ2v) is 6.10. The molecule has 1 unspecified atom stereocenters. The number of likely N-dealkylation sites (N-methyl/N-ethyl adjacent to an activating group) is 1. The van der Waals surface area contributed by atoms with Crippen LogP contribution in [0.25, 0.3) is 0 Å². The number of hydrogen-bond donors (Lipinski definition) is 3. The predicted molar refractivity (Wildman–Crippen MR) is 90.1 cm³/mol. The standard InChI is InChI=1S/C12H20N4O3S.2ClH/c1-10(13-2)8-15-12(17)5-7-16-20(18,19)11-4-3-6-14-9-11;;/h3-4,6,9-10,13,16H,5,7-8H2,1-2H3,(H,15,17);2*1H. The minimum atomic E-state index is -3.60. The molecule has 0 bridgehead atoms. The van der Waals surface area contributed by atoms with E-state index in [1.165, 1.54) is 18.5 Å². The average Bonchev–Trinajstić information content (AvgIpc) is 2.45. The van der Waals surface area contributed by atoms with Gasteiger partial charge in [0, 0.05) is 37.9 Å². The lowest BCUT2D eigenvalue weighted by Crippen LogP contribution is -2.38. The van der Waals surface area contributed by atoms with Crippen molar-refractivity contribution in [3.8, 4) is 0 Å². The molecule has 0 aliphatic rings. The number of sulfonamides is 1. The van der Waals surface area contributed by atoms with E-state index in [1.54, 1.807) is 13.1 Å². The first kappa shape index (κ1) is 23.3. The lowest BCUT2D eigenvalue weighted by molar-refractivity contribution is -0.121. The van der Waals surface area contributed by atoms with Crippen LogP contribution in [0.2, 0.25) is 0 Å². The molecule has 1 rings (SSSR count). The number of amides is 1. The minimum Gasteiger partial charge on any atom is -0.355 e. The van der Waals surface area contributed by atoms with Crippen molar-refractivity contribution in [2.75, 3.05) is 20.1 Å². The molecule has 1 heterocycles. The number of carbonyl (C=O) groups excluding carboxylic acids is 1. The molecule has 0 saturated heterocycles. The second kappa shape index (κ2) is 11.6. The van der Waals surface area contributed by atoms with Gasteiger partial charge in [0.15, 0.2) is 0 Å². The molecule has 10 heteroatoms. The van der Waals surface area contributed by atoms with Crippen LogP contribution in [0.1, 0.15) is 13.3 Å². The highest BCUT2D eigenvalue weighted by molar-refractivity contribution is 7.89. The molecule has 1 aromatic rings. The summed E-state index contributed by atoms with van der Waals surface area (Å²) in [7, 11) is -1.79. The number of nitrogens with zero attached hydrogens (tertiary/aromatic N) is 1. The van der Waals surface area contributed by atoms with Gasteiger partial charge in [0.05, 0.1) is 0 Å². The van der Waals surface area contributed by atoms with Crippen molar-refractivity contribution in [1.82, 2.24) is 20.3 Å². The Kier molecular flexibility index (Phi) is 12.3. The van der Waals surface area contributed by atoms with Gasteiger partial charge in [-0.15, -0.1) is 24.8 Å². The quantitative estimate of drug-likeness (QED) is 0.609. The normalized spacial score (nSPS) is 11.7. The van der Waals surface area contributed by atoms with Crippen molar-refractivity contribution in [3.05, 3.63) is 24.5 Å². The molecule has 0 spiro atoms. The first-order chi connectivity index (χ1) is 9.45. The Morgan fingerprint density at radius 2 is 2.05 bits per heavy atom. The maximum Gasteiger partial charge on any atom is 0.242 e. The van der Waals surface area contributed by atoms with E-state index in [0.29, 0.717) is 6.54 Å². The van der Waals surface area contributed by atoms with E-state index in [4.69, 9.17) is 0 Å². The smallest absolute Gasteiger partial charge is 0.242 e. The monoisotopic (exact) mass is 372 g/mol. The van der Waals surface area contributed by atoms with Crippen molar-refractivity contribution < 1.29 is 13.2 Å². The molecule has 1 atom stereocenters. The van der Waals surface area contributed by atoms with Gasteiger partial charge < -0.3 is 10.6 Å². The van der Waals surface area contributed by atoms with Crippen LogP contribution < -0.4 is 15.4 Å². The summed E-state index contributed by atoms with van der Waals surface area (Å²) in [5.74, 6) is -0.194. The molecular formula is C12H22Cl2N4O3S. The van der Waals surface area contributed by atoms with Crippen LogP contribution in [0.4, 0.5) is 0 Å². The first-order valence-corrected chi connectivity index (χ1v) is 7.77. The summed E-state index contributed by atoms with van der Waals surface area (Å²) in [5.41, 5.74) is 0. The van der Waals surface area contributed by atoms with E-state index >= 15 is 0 Å². The van der Waals surface area contributed by atoms with Crippen LogP contribution in [0.15, 0.2) is 29.4 Å². The zero-order chi connectivity index (χ0) is 15.0. The van der Waals surface area contributed by atoms with Gasteiger partial charge in [0.25, 0.3) is 0 Å². The summed E-state index contributed by atoms with van der Waals surface area (Å²) in [6, 6.07) is 3.16.